The molecular formula is C14H20FNO2. The van der Waals surface area contributed by atoms with Gasteiger partial charge in [0.1, 0.15) is 11.6 Å². The number of benzene rings is 1. The van der Waals surface area contributed by atoms with Crippen molar-refractivity contribution in [1.82, 2.24) is 0 Å². The maximum absolute atomic E-state index is 13.3. The van der Waals surface area contributed by atoms with Crippen molar-refractivity contribution in [2.75, 3.05) is 7.11 Å². The molecule has 0 aliphatic carbocycles. The molecule has 0 saturated heterocycles. The van der Waals surface area contributed by atoms with E-state index in [1.54, 1.807) is 27.7 Å². The van der Waals surface area contributed by atoms with Gasteiger partial charge in [-0.25, -0.2) is 4.39 Å². The predicted octanol–water partition coefficient (Wildman–Crippen LogP) is 2.78. The van der Waals surface area contributed by atoms with E-state index in [0.717, 1.165) is 0 Å². The van der Waals surface area contributed by atoms with E-state index in [1.165, 1.54) is 25.3 Å². The Morgan fingerprint density at radius 3 is 2.28 bits per heavy atom. The van der Waals surface area contributed by atoms with Crippen molar-refractivity contribution in [3.05, 3.63) is 29.6 Å². The Kier molecular flexibility index (Phi) is 3.81. The van der Waals surface area contributed by atoms with Crippen LogP contribution >= 0.6 is 0 Å². The highest BCUT2D eigenvalue weighted by molar-refractivity contribution is 6.03. The highest BCUT2D eigenvalue weighted by atomic mass is 19.1. The molecule has 0 radical (unpaired) electrons. The number of ether oxygens (including phenoxy) is 1. The summed E-state index contributed by atoms with van der Waals surface area (Å²) in [6.45, 7) is 7.05. The second-order valence-electron chi connectivity index (χ2n) is 5.52. The molecule has 0 aliphatic rings. The number of ketones is 1. The molecule has 0 aliphatic heterocycles. The topological polar surface area (TPSA) is 52.3 Å². The molecule has 0 aromatic heterocycles. The summed E-state index contributed by atoms with van der Waals surface area (Å²) < 4.78 is 18.4. The molecule has 1 aromatic carbocycles. The summed E-state index contributed by atoms with van der Waals surface area (Å²) in [5.74, 6) is -0.338. The van der Waals surface area contributed by atoms with E-state index < -0.39 is 16.8 Å². The van der Waals surface area contributed by atoms with Gasteiger partial charge in [-0.1, -0.05) is 13.8 Å². The molecule has 2 N–H and O–H groups in total. The van der Waals surface area contributed by atoms with Crippen molar-refractivity contribution in [2.24, 2.45) is 11.1 Å². The van der Waals surface area contributed by atoms with Gasteiger partial charge < -0.3 is 10.5 Å². The van der Waals surface area contributed by atoms with Crippen molar-refractivity contribution in [1.29, 1.82) is 0 Å². The van der Waals surface area contributed by atoms with Gasteiger partial charge in [0, 0.05) is 11.0 Å². The average molecular weight is 253 g/mol. The van der Waals surface area contributed by atoms with Crippen molar-refractivity contribution < 1.29 is 13.9 Å². The quantitative estimate of drug-likeness (QED) is 0.839. The van der Waals surface area contributed by atoms with Gasteiger partial charge in [0.15, 0.2) is 5.78 Å². The van der Waals surface area contributed by atoms with Crippen LogP contribution in [-0.2, 0) is 0 Å². The lowest BCUT2D eigenvalue weighted by molar-refractivity contribution is 0.0731. The van der Waals surface area contributed by atoms with Crippen LogP contribution in [0, 0.1) is 11.2 Å². The van der Waals surface area contributed by atoms with Crippen LogP contribution in [0.4, 0.5) is 4.39 Å². The lowest BCUT2D eigenvalue weighted by atomic mass is 9.70. The third-order valence-electron chi connectivity index (χ3n) is 3.58. The molecule has 0 unspecified atom stereocenters. The first kappa shape index (κ1) is 14.6. The molecule has 0 spiro atoms. The Balaban J connectivity index is 3.31. The maximum Gasteiger partial charge on any atom is 0.174 e. The van der Waals surface area contributed by atoms with E-state index in [9.17, 15) is 9.18 Å². The minimum atomic E-state index is -0.825. The van der Waals surface area contributed by atoms with Gasteiger partial charge in [-0.05, 0) is 32.0 Å². The molecule has 1 rings (SSSR count). The summed E-state index contributed by atoms with van der Waals surface area (Å²) >= 11 is 0. The van der Waals surface area contributed by atoms with E-state index >= 15 is 0 Å². The highest BCUT2D eigenvalue weighted by Gasteiger charge is 2.41. The fraction of sp³-hybridized carbons (Fsp3) is 0.500. The predicted molar refractivity (Wildman–Crippen MR) is 69.3 cm³/mol. The van der Waals surface area contributed by atoms with Crippen LogP contribution in [0.5, 0.6) is 5.75 Å². The number of nitrogens with two attached hydrogens (primary N) is 1. The molecular weight excluding hydrogens is 233 g/mol. The smallest absolute Gasteiger partial charge is 0.174 e. The molecule has 0 saturated carbocycles. The summed E-state index contributed by atoms with van der Waals surface area (Å²) in [5.41, 5.74) is 4.70. The van der Waals surface area contributed by atoms with Gasteiger partial charge in [0.05, 0.1) is 12.7 Å². The van der Waals surface area contributed by atoms with Crippen LogP contribution in [0.2, 0.25) is 0 Å². The van der Waals surface area contributed by atoms with Crippen LogP contribution in [0.25, 0.3) is 0 Å². The molecule has 1 aromatic rings. The van der Waals surface area contributed by atoms with Crippen molar-refractivity contribution in [2.45, 2.75) is 33.2 Å². The number of hydrogen-bond donors (Lipinski definition) is 1. The van der Waals surface area contributed by atoms with Crippen molar-refractivity contribution in [3.63, 3.8) is 0 Å². The zero-order valence-electron chi connectivity index (χ0n) is 11.5. The Morgan fingerprint density at radius 2 is 1.83 bits per heavy atom. The summed E-state index contributed by atoms with van der Waals surface area (Å²) in [7, 11) is 1.45. The van der Waals surface area contributed by atoms with Gasteiger partial charge in [0.2, 0.25) is 0 Å². The average Bonchev–Trinajstić information content (AvgIpc) is 2.26. The van der Waals surface area contributed by atoms with Gasteiger partial charge >= 0.3 is 0 Å². The Bertz CT molecular complexity index is 461. The van der Waals surface area contributed by atoms with E-state index in [1.807, 2.05) is 0 Å². The summed E-state index contributed by atoms with van der Waals surface area (Å²) in [5, 5.41) is 0. The molecule has 4 heteroatoms. The van der Waals surface area contributed by atoms with Crippen LogP contribution < -0.4 is 10.5 Å². The van der Waals surface area contributed by atoms with Crippen molar-refractivity contribution in [3.8, 4) is 5.75 Å². The Labute approximate surface area is 107 Å². The first-order valence-corrected chi connectivity index (χ1v) is 5.78. The number of carbonyl (C=O) groups is 1. The molecule has 0 bridgehead atoms. The zero-order valence-corrected chi connectivity index (χ0v) is 11.5. The van der Waals surface area contributed by atoms with Crippen LogP contribution in [0.3, 0.4) is 0 Å². The summed E-state index contributed by atoms with van der Waals surface area (Å²) in [6, 6.07) is 3.90. The van der Waals surface area contributed by atoms with Crippen LogP contribution in [0.15, 0.2) is 18.2 Å². The standard InChI is InChI=1S/C14H20FNO2/c1-13(2,14(3,4)16)12(17)10-8-9(15)6-7-11(10)18-5/h6-8H,16H2,1-5H3. The molecule has 100 valence electrons. The lowest BCUT2D eigenvalue weighted by Gasteiger charge is -2.37. The van der Waals surface area contributed by atoms with E-state index in [4.69, 9.17) is 10.5 Å². The van der Waals surface area contributed by atoms with Gasteiger partial charge in [-0.3, -0.25) is 4.79 Å². The monoisotopic (exact) mass is 253 g/mol. The fourth-order valence-electron chi connectivity index (χ4n) is 1.49. The molecule has 0 atom stereocenters. The first-order chi connectivity index (χ1) is 8.11. The minimum absolute atomic E-state index is 0.223. The third kappa shape index (κ3) is 2.53. The molecule has 0 fully saturated rings. The number of methoxy groups -OCH3 is 1. The largest absolute Gasteiger partial charge is 0.496 e. The SMILES string of the molecule is COc1ccc(F)cc1C(=O)C(C)(C)C(C)(C)N. The number of halogens is 1. The number of carbonyl (C=O) groups excluding carboxylic acids is 1. The highest BCUT2D eigenvalue weighted by Crippen LogP contribution is 2.35. The normalized spacial score (nSPS) is 12.4. The second kappa shape index (κ2) is 4.69. The Hall–Kier alpha value is -1.42. The molecule has 0 amide bonds. The molecule has 18 heavy (non-hydrogen) atoms. The summed E-state index contributed by atoms with van der Waals surface area (Å²) in [6.07, 6.45) is 0. The molecule has 3 nitrogen and oxygen atoms in total. The van der Waals surface area contributed by atoms with Gasteiger partial charge in [-0.15, -0.1) is 0 Å². The van der Waals surface area contributed by atoms with E-state index in [2.05, 4.69) is 0 Å². The van der Waals surface area contributed by atoms with Gasteiger partial charge in [-0.2, -0.15) is 0 Å². The van der Waals surface area contributed by atoms with Crippen LogP contribution in [-0.4, -0.2) is 18.4 Å². The molecule has 0 heterocycles. The Morgan fingerprint density at radius 1 is 1.28 bits per heavy atom. The number of rotatable bonds is 4. The van der Waals surface area contributed by atoms with E-state index in [-0.39, 0.29) is 11.3 Å². The van der Waals surface area contributed by atoms with Crippen molar-refractivity contribution >= 4 is 5.78 Å². The fourth-order valence-corrected chi connectivity index (χ4v) is 1.49. The second-order valence-corrected chi connectivity index (χ2v) is 5.52. The minimum Gasteiger partial charge on any atom is -0.496 e. The number of hydrogen-bond acceptors (Lipinski definition) is 3. The van der Waals surface area contributed by atoms with Gasteiger partial charge in [0.25, 0.3) is 0 Å². The number of Topliss-reactive ketones (excluding diaryl/α,β-unsaturated/α-hetero) is 1. The maximum atomic E-state index is 13.3. The summed E-state index contributed by atoms with van der Waals surface area (Å²) in [4.78, 5) is 12.5. The van der Waals surface area contributed by atoms with Crippen LogP contribution in [0.1, 0.15) is 38.1 Å². The third-order valence-corrected chi connectivity index (χ3v) is 3.58. The zero-order chi connectivity index (χ0) is 14.1. The lowest BCUT2D eigenvalue weighted by Crippen LogP contribution is -2.51. The first-order valence-electron chi connectivity index (χ1n) is 5.78. The van der Waals surface area contributed by atoms with E-state index in [0.29, 0.717) is 5.75 Å².